The average Bonchev–Trinajstić information content (AvgIpc) is 3.06. The molecule has 0 aliphatic heterocycles. The largest absolute Gasteiger partial charge is 0.481 e. The Labute approximate surface area is 151 Å². The van der Waals surface area contributed by atoms with E-state index in [0.29, 0.717) is 11.8 Å². The van der Waals surface area contributed by atoms with Crippen LogP contribution in [0.15, 0.2) is 23.8 Å². The van der Waals surface area contributed by atoms with Crippen molar-refractivity contribution >= 4 is 5.97 Å². The predicted molar refractivity (Wildman–Crippen MR) is 99.2 cm³/mol. The summed E-state index contributed by atoms with van der Waals surface area (Å²) in [5.74, 6) is 0.307. The maximum atomic E-state index is 10.6. The van der Waals surface area contributed by atoms with Crippen LogP contribution in [0.1, 0.15) is 71.1 Å². The zero-order chi connectivity index (χ0) is 18.2. The van der Waals surface area contributed by atoms with Gasteiger partial charge in [-0.3, -0.25) is 4.79 Å². The van der Waals surface area contributed by atoms with Crippen molar-refractivity contribution in [3.63, 3.8) is 0 Å². The van der Waals surface area contributed by atoms with E-state index in [1.807, 2.05) is 12.2 Å². The number of hydrogen-bond acceptors (Lipinski definition) is 3. The number of fused-ring (bicyclic) bond motifs is 1. The van der Waals surface area contributed by atoms with E-state index in [1.165, 1.54) is 5.57 Å². The number of carbonyl (C=O) groups is 1. The maximum absolute atomic E-state index is 10.6. The molecule has 2 aliphatic rings. The first-order valence-electron chi connectivity index (χ1n) is 9.97. The molecule has 4 nitrogen and oxygen atoms in total. The lowest BCUT2D eigenvalue weighted by molar-refractivity contribution is -0.137. The van der Waals surface area contributed by atoms with Gasteiger partial charge in [0.2, 0.25) is 0 Å². The standard InChI is InChI=1S/C21H34O4/c1-2-3-4-8-17(22)10-11-18-19-13-15(7-5-6-9-21(24)25)12-16(19)14-20(18)23/h10-12,16-20,22-23H,2-9,13-14H2,1H3,(H,24,25)/b11-10+/t16?,17-,18+,19-,20+/m0/s1. The zero-order valence-corrected chi connectivity index (χ0v) is 15.4. The SMILES string of the molecule is CCCCC[C@H](O)/C=C/[C@H]1[C@H](O)CC2C=C(CCCCC(=O)O)C[C@@H]21. The highest BCUT2D eigenvalue weighted by Crippen LogP contribution is 2.48. The molecular weight excluding hydrogens is 316 g/mol. The zero-order valence-electron chi connectivity index (χ0n) is 15.4. The molecule has 1 fully saturated rings. The second kappa shape index (κ2) is 10.1. The lowest BCUT2D eigenvalue weighted by Gasteiger charge is -2.19. The van der Waals surface area contributed by atoms with Gasteiger partial charge in [-0.15, -0.1) is 0 Å². The molecule has 142 valence electrons. The number of rotatable bonds is 11. The van der Waals surface area contributed by atoms with E-state index in [-0.39, 0.29) is 18.4 Å². The van der Waals surface area contributed by atoms with Crippen molar-refractivity contribution in [3.05, 3.63) is 23.8 Å². The molecular formula is C21H34O4. The van der Waals surface area contributed by atoms with Crippen LogP contribution in [0.4, 0.5) is 0 Å². The molecule has 0 aromatic carbocycles. The molecule has 0 bridgehead atoms. The Kier molecular flexibility index (Phi) is 8.17. The molecule has 5 atom stereocenters. The molecule has 0 saturated heterocycles. The second-order valence-corrected chi connectivity index (χ2v) is 7.79. The molecule has 4 heteroatoms. The Morgan fingerprint density at radius 1 is 1.32 bits per heavy atom. The van der Waals surface area contributed by atoms with Crippen LogP contribution in [0.5, 0.6) is 0 Å². The van der Waals surface area contributed by atoms with Crippen molar-refractivity contribution in [1.29, 1.82) is 0 Å². The Morgan fingerprint density at radius 2 is 2.12 bits per heavy atom. The molecule has 0 spiro atoms. The van der Waals surface area contributed by atoms with Crippen LogP contribution >= 0.6 is 0 Å². The topological polar surface area (TPSA) is 77.8 Å². The number of unbranched alkanes of at least 4 members (excludes halogenated alkanes) is 3. The highest BCUT2D eigenvalue weighted by atomic mass is 16.4. The summed E-state index contributed by atoms with van der Waals surface area (Å²) in [6.45, 7) is 2.16. The third kappa shape index (κ3) is 6.27. The normalized spacial score (nSPS) is 29.8. The summed E-state index contributed by atoms with van der Waals surface area (Å²) in [5.41, 5.74) is 1.43. The van der Waals surface area contributed by atoms with Gasteiger partial charge < -0.3 is 15.3 Å². The summed E-state index contributed by atoms with van der Waals surface area (Å²) in [7, 11) is 0. The summed E-state index contributed by atoms with van der Waals surface area (Å²) in [5, 5.41) is 29.1. The van der Waals surface area contributed by atoms with Gasteiger partial charge in [0.25, 0.3) is 0 Å². The first-order chi connectivity index (χ1) is 12.0. The second-order valence-electron chi connectivity index (χ2n) is 7.79. The fourth-order valence-electron chi connectivity index (χ4n) is 4.38. The molecule has 0 heterocycles. The maximum Gasteiger partial charge on any atom is 0.303 e. The third-order valence-corrected chi connectivity index (χ3v) is 5.75. The monoisotopic (exact) mass is 350 g/mol. The molecule has 1 saturated carbocycles. The minimum atomic E-state index is -0.719. The van der Waals surface area contributed by atoms with Gasteiger partial charge in [-0.05, 0) is 50.4 Å². The van der Waals surface area contributed by atoms with Crippen LogP contribution in [0.3, 0.4) is 0 Å². The Morgan fingerprint density at radius 3 is 2.84 bits per heavy atom. The summed E-state index contributed by atoms with van der Waals surface area (Å²) in [6.07, 6.45) is 14.4. The van der Waals surface area contributed by atoms with Gasteiger partial charge in [-0.2, -0.15) is 0 Å². The average molecular weight is 350 g/mol. The Balaban J connectivity index is 1.78. The number of aliphatic carboxylic acids is 1. The van der Waals surface area contributed by atoms with Gasteiger partial charge in [0, 0.05) is 12.3 Å². The van der Waals surface area contributed by atoms with Crippen molar-refractivity contribution in [2.24, 2.45) is 17.8 Å². The number of aliphatic hydroxyl groups is 2. The lowest BCUT2D eigenvalue weighted by atomic mass is 9.88. The number of allylic oxidation sites excluding steroid dienone is 2. The molecule has 1 unspecified atom stereocenters. The highest BCUT2D eigenvalue weighted by molar-refractivity contribution is 5.66. The highest BCUT2D eigenvalue weighted by Gasteiger charge is 2.43. The van der Waals surface area contributed by atoms with E-state index >= 15 is 0 Å². The summed E-state index contributed by atoms with van der Waals surface area (Å²) in [6, 6.07) is 0. The van der Waals surface area contributed by atoms with Crippen LogP contribution in [0.25, 0.3) is 0 Å². The molecule has 0 aromatic rings. The minimum Gasteiger partial charge on any atom is -0.481 e. The van der Waals surface area contributed by atoms with E-state index in [2.05, 4.69) is 13.0 Å². The summed E-state index contributed by atoms with van der Waals surface area (Å²) >= 11 is 0. The van der Waals surface area contributed by atoms with Crippen LogP contribution < -0.4 is 0 Å². The van der Waals surface area contributed by atoms with E-state index in [0.717, 1.165) is 57.8 Å². The molecule has 2 aliphatic carbocycles. The fourth-order valence-corrected chi connectivity index (χ4v) is 4.38. The van der Waals surface area contributed by atoms with Crippen LogP contribution in [-0.2, 0) is 4.79 Å². The van der Waals surface area contributed by atoms with Crippen molar-refractivity contribution in [2.75, 3.05) is 0 Å². The predicted octanol–water partition coefficient (Wildman–Crippen LogP) is 4.07. The van der Waals surface area contributed by atoms with E-state index in [4.69, 9.17) is 5.11 Å². The lowest BCUT2D eigenvalue weighted by Crippen LogP contribution is -2.18. The number of carboxylic acid groups (broad SMARTS) is 1. The first-order valence-corrected chi connectivity index (χ1v) is 9.97. The quantitative estimate of drug-likeness (QED) is 0.388. The molecule has 0 aromatic heterocycles. The minimum absolute atomic E-state index is 0.138. The van der Waals surface area contributed by atoms with Gasteiger partial charge in [0.1, 0.15) is 0 Å². The smallest absolute Gasteiger partial charge is 0.303 e. The van der Waals surface area contributed by atoms with Crippen molar-refractivity contribution in [3.8, 4) is 0 Å². The fraction of sp³-hybridized carbons (Fsp3) is 0.762. The summed E-state index contributed by atoms with van der Waals surface area (Å²) < 4.78 is 0. The van der Waals surface area contributed by atoms with E-state index in [9.17, 15) is 15.0 Å². The molecule has 2 rings (SSSR count). The molecule has 3 N–H and O–H groups in total. The van der Waals surface area contributed by atoms with E-state index < -0.39 is 12.1 Å². The van der Waals surface area contributed by atoms with Gasteiger partial charge in [-0.25, -0.2) is 0 Å². The first kappa shape index (κ1) is 20.2. The Bertz CT molecular complexity index is 482. The molecule has 0 amide bonds. The van der Waals surface area contributed by atoms with E-state index in [1.54, 1.807) is 0 Å². The van der Waals surface area contributed by atoms with Crippen molar-refractivity contribution in [1.82, 2.24) is 0 Å². The van der Waals surface area contributed by atoms with Gasteiger partial charge >= 0.3 is 5.97 Å². The molecule has 0 radical (unpaired) electrons. The van der Waals surface area contributed by atoms with Gasteiger partial charge in [0.15, 0.2) is 0 Å². The van der Waals surface area contributed by atoms with Crippen molar-refractivity contribution in [2.45, 2.75) is 83.3 Å². The van der Waals surface area contributed by atoms with Crippen molar-refractivity contribution < 1.29 is 20.1 Å². The third-order valence-electron chi connectivity index (χ3n) is 5.75. The molecule has 25 heavy (non-hydrogen) atoms. The number of hydrogen-bond donors (Lipinski definition) is 3. The van der Waals surface area contributed by atoms with Gasteiger partial charge in [-0.1, -0.05) is 50.0 Å². The summed E-state index contributed by atoms with van der Waals surface area (Å²) in [4.78, 5) is 10.6. The van der Waals surface area contributed by atoms with Gasteiger partial charge in [0.05, 0.1) is 12.2 Å². The van der Waals surface area contributed by atoms with Crippen LogP contribution in [-0.4, -0.2) is 33.5 Å². The number of aliphatic hydroxyl groups excluding tert-OH is 2. The number of carboxylic acids is 1. The van der Waals surface area contributed by atoms with Crippen LogP contribution in [0, 0.1) is 17.8 Å². The van der Waals surface area contributed by atoms with Crippen LogP contribution in [0.2, 0.25) is 0 Å². The Hall–Kier alpha value is -1.13.